The smallest absolute Gasteiger partial charge is 0.307 e. The van der Waals surface area contributed by atoms with E-state index in [9.17, 15) is 0 Å². The number of ether oxygens (including phenoxy) is 1. The van der Waals surface area contributed by atoms with Crippen LogP contribution in [0.1, 0.15) is 69.2 Å². The molecular weight excluding hydrogens is 601 g/mol. The average Bonchev–Trinajstić information content (AvgIpc) is 3.71. The first-order valence-electron chi connectivity index (χ1n) is 21.6. The number of fused-ring (bicyclic) bond motifs is 7. The Morgan fingerprint density at radius 3 is 2.16 bits per heavy atom. The lowest BCUT2D eigenvalue weighted by Crippen LogP contribution is -2.24. The maximum atomic E-state index is 8.87. The van der Waals surface area contributed by atoms with Gasteiger partial charge in [0.15, 0.2) is 5.58 Å². The predicted octanol–water partition coefficient (Wildman–Crippen LogP) is 12.2. The molecule has 4 heteroatoms. The molecule has 240 valence electrons. The zero-order valence-corrected chi connectivity index (χ0v) is 27.1. The summed E-state index contributed by atoms with van der Waals surface area (Å²) in [5.41, 5.74) is 4.68. The van der Waals surface area contributed by atoms with Gasteiger partial charge in [0.1, 0.15) is 11.5 Å². The monoisotopic (exact) mass is 649 g/mol. The summed E-state index contributed by atoms with van der Waals surface area (Å²) >= 11 is 0. The van der Waals surface area contributed by atoms with Crippen LogP contribution < -0.4 is 4.74 Å². The molecule has 49 heavy (non-hydrogen) atoms. The zero-order valence-electron chi connectivity index (χ0n) is 38.1. The highest BCUT2D eigenvalue weighted by atomic mass is 16.5. The molecule has 9 rings (SSSR count). The Morgan fingerprint density at radius 1 is 0.714 bits per heavy atom. The number of oxazole rings is 1. The van der Waals surface area contributed by atoms with Crippen LogP contribution in [0.4, 0.5) is 0 Å². The molecule has 0 saturated heterocycles. The zero-order chi connectivity index (χ0) is 42.9. The van der Waals surface area contributed by atoms with Crippen LogP contribution in [0.5, 0.6) is 11.5 Å². The van der Waals surface area contributed by atoms with E-state index in [-0.39, 0.29) is 44.8 Å². The molecule has 0 N–H and O–H groups in total. The molecule has 1 aliphatic heterocycles. The number of para-hydroxylation sites is 3. The average molecular weight is 650 g/mol. The van der Waals surface area contributed by atoms with Crippen LogP contribution in [0.3, 0.4) is 0 Å². The van der Waals surface area contributed by atoms with Crippen LogP contribution in [-0.2, 0) is 11.8 Å². The van der Waals surface area contributed by atoms with E-state index >= 15 is 0 Å². The minimum atomic E-state index is -2.74. The Labute approximate surface area is 302 Å². The molecule has 4 nitrogen and oxygen atoms in total. The van der Waals surface area contributed by atoms with Crippen LogP contribution in [-0.4, -0.2) is 9.38 Å². The lowest BCUT2D eigenvalue weighted by molar-refractivity contribution is 0.419. The predicted molar refractivity (Wildman–Crippen MR) is 201 cm³/mol. The number of imidazole rings is 1. The number of nitrogens with zero attached hydrogens (tertiary/aromatic N) is 2. The second-order valence-electron chi connectivity index (χ2n) is 13.0. The van der Waals surface area contributed by atoms with Crippen molar-refractivity contribution in [2.75, 3.05) is 0 Å². The fourth-order valence-electron chi connectivity index (χ4n) is 7.38. The van der Waals surface area contributed by atoms with Gasteiger partial charge in [-0.2, -0.15) is 4.98 Å². The number of hydrogen-bond donors (Lipinski definition) is 0. The third-order valence-corrected chi connectivity index (χ3v) is 9.88. The van der Waals surface area contributed by atoms with Crippen molar-refractivity contribution >= 4 is 28.0 Å². The molecule has 0 bridgehead atoms. The van der Waals surface area contributed by atoms with Crippen molar-refractivity contribution in [3.8, 4) is 44.9 Å². The highest BCUT2D eigenvalue weighted by Gasteiger charge is 2.36. The second kappa shape index (κ2) is 10.7. The summed E-state index contributed by atoms with van der Waals surface area (Å²) in [6.07, 6.45) is -1.91. The molecule has 0 amide bonds. The van der Waals surface area contributed by atoms with Gasteiger partial charge in [0.2, 0.25) is 0 Å². The quantitative estimate of drug-likeness (QED) is 0.190. The first-order valence-corrected chi connectivity index (χ1v) is 16.1. The van der Waals surface area contributed by atoms with E-state index in [0.717, 1.165) is 16.6 Å². The van der Waals surface area contributed by atoms with E-state index in [1.165, 1.54) is 25.1 Å². The topological polar surface area (TPSA) is 39.7 Å². The summed E-state index contributed by atoms with van der Waals surface area (Å²) in [6, 6.07) is 30.8. The normalized spacial score (nSPS) is 17.9. The van der Waals surface area contributed by atoms with Crippen molar-refractivity contribution < 1.29 is 24.2 Å². The molecule has 0 saturated carbocycles. The van der Waals surface area contributed by atoms with Crippen molar-refractivity contribution in [2.24, 2.45) is 0 Å². The molecule has 8 aromatic rings. The fraction of sp³-hybridized carbons (Fsp3) is 0.178. The Morgan fingerprint density at radius 2 is 1.41 bits per heavy atom. The maximum absolute atomic E-state index is 8.87. The SMILES string of the molecule is [2H]C([2H])([2H])c1ccc(-c2c(C([2H])([2H])[2H])ccc3c2Oc2ccccc2C3(C)C)cc1-c1cc(-c2c(C([2H])([2H])C)ccc3c2oc2nc4ccccc4n23)ccc1C([2H])([2H])[2H]. The maximum Gasteiger partial charge on any atom is 0.307 e. The minimum Gasteiger partial charge on any atom is -0.456 e. The van der Waals surface area contributed by atoms with Crippen molar-refractivity contribution in [3.05, 3.63) is 143 Å². The molecule has 6 aromatic carbocycles. The standard InChI is InChI=1S/C45H38N2O2/c1-7-29-21-23-38-43(49-44-46-36-13-9-10-14-37(36)47(38)44)41(29)31-20-17-27(3)33(25-31)32-24-30(19-16-26(32)2)40-28(4)18-22-35-42(40)48-39-15-11-8-12-34(39)45(35,5)6/h8-25H,7H2,1-6H3/i2D3,3D3,4D3,7D2. The van der Waals surface area contributed by atoms with Gasteiger partial charge in [-0.05, 0) is 108 Å². The van der Waals surface area contributed by atoms with Gasteiger partial charge in [0.05, 0.1) is 16.6 Å². The number of rotatable bonds is 4. The van der Waals surface area contributed by atoms with E-state index in [1.807, 2.05) is 66.8 Å². The van der Waals surface area contributed by atoms with Crippen molar-refractivity contribution in [3.63, 3.8) is 0 Å². The molecule has 0 fully saturated rings. The summed E-state index contributed by atoms with van der Waals surface area (Å²) in [6.45, 7) is -2.63. The Kier molecular flexibility index (Phi) is 4.37. The van der Waals surface area contributed by atoms with Gasteiger partial charge in [-0.25, -0.2) is 0 Å². The van der Waals surface area contributed by atoms with Crippen LogP contribution in [0.2, 0.25) is 0 Å². The van der Waals surface area contributed by atoms with E-state index in [4.69, 9.17) is 24.2 Å². The number of aromatic nitrogens is 2. The van der Waals surface area contributed by atoms with Gasteiger partial charge in [-0.15, -0.1) is 0 Å². The molecule has 3 heterocycles. The van der Waals surface area contributed by atoms with Crippen molar-refractivity contribution in [2.45, 2.75) is 53.1 Å². The highest BCUT2D eigenvalue weighted by Crippen LogP contribution is 2.52. The number of hydrogen-bond acceptors (Lipinski definition) is 3. The molecule has 0 radical (unpaired) electrons. The third kappa shape index (κ3) is 4.33. The lowest BCUT2D eigenvalue weighted by Gasteiger charge is -2.36. The van der Waals surface area contributed by atoms with Crippen LogP contribution >= 0.6 is 0 Å². The van der Waals surface area contributed by atoms with Gasteiger partial charge in [-0.1, -0.05) is 93.6 Å². The molecule has 2 aromatic heterocycles. The van der Waals surface area contributed by atoms with Gasteiger partial charge in [0.25, 0.3) is 0 Å². The van der Waals surface area contributed by atoms with Gasteiger partial charge < -0.3 is 9.15 Å². The molecule has 0 spiro atoms. The van der Waals surface area contributed by atoms with E-state index in [1.54, 1.807) is 42.5 Å². The van der Waals surface area contributed by atoms with Crippen LogP contribution in [0.15, 0.2) is 114 Å². The Hall–Kier alpha value is -5.61. The highest BCUT2D eigenvalue weighted by molar-refractivity contribution is 5.98. The Bertz CT molecular complexity index is 3050. The molecule has 0 unspecified atom stereocenters. The van der Waals surface area contributed by atoms with Gasteiger partial charge in [0, 0.05) is 42.7 Å². The first kappa shape index (κ1) is 20.0. The molecular formula is C45H38N2O2. The fourth-order valence-corrected chi connectivity index (χ4v) is 7.38. The summed E-state index contributed by atoms with van der Waals surface area (Å²) in [5.74, 6) is 1.14. The largest absolute Gasteiger partial charge is 0.456 e. The van der Waals surface area contributed by atoms with E-state index < -0.39 is 32.3 Å². The van der Waals surface area contributed by atoms with Crippen molar-refractivity contribution in [1.29, 1.82) is 0 Å². The van der Waals surface area contributed by atoms with Crippen molar-refractivity contribution in [1.82, 2.24) is 9.38 Å². The number of benzene rings is 6. The molecule has 0 atom stereocenters. The van der Waals surface area contributed by atoms with Crippen LogP contribution in [0.25, 0.3) is 61.4 Å². The summed E-state index contributed by atoms with van der Waals surface area (Å²) in [4.78, 5) is 4.66. The van der Waals surface area contributed by atoms with Gasteiger partial charge >= 0.3 is 5.84 Å². The summed E-state index contributed by atoms with van der Waals surface area (Å²) < 4.78 is 110. The number of aryl methyl sites for hydroxylation is 4. The van der Waals surface area contributed by atoms with Crippen LogP contribution in [0, 0.1) is 20.6 Å². The molecule has 0 aliphatic carbocycles. The molecule has 1 aliphatic rings. The van der Waals surface area contributed by atoms with Gasteiger partial charge in [-0.3, -0.25) is 4.40 Å². The Balaban J connectivity index is 1.35. The van der Waals surface area contributed by atoms with E-state index in [2.05, 4.69) is 4.98 Å². The first-order chi connectivity index (χ1) is 28.0. The summed E-state index contributed by atoms with van der Waals surface area (Å²) in [7, 11) is 0. The lowest BCUT2D eigenvalue weighted by atomic mass is 9.74. The minimum absolute atomic E-state index is 0.0225. The third-order valence-electron chi connectivity index (χ3n) is 9.88. The van der Waals surface area contributed by atoms with E-state index in [0.29, 0.717) is 44.8 Å². The summed E-state index contributed by atoms with van der Waals surface area (Å²) in [5, 5.41) is 0. The second-order valence-corrected chi connectivity index (χ2v) is 13.0.